The Hall–Kier alpha value is -1.57. The molecule has 3 fully saturated rings. The molecule has 0 amide bonds. The molecule has 2 nitrogen and oxygen atoms in total. The lowest BCUT2D eigenvalue weighted by molar-refractivity contribution is -0.127. The van der Waals surface area contributed by atoms with Gasteiger partial charge in [-0.05, 0) is 73.8 Å². The van der Waals surface area contributed by atoms with Crippen LogP contribution in [0.1, 0.15) is 70.3 Å². The van der Waals surface area contributed by atoms with E-state index in [1.165, 1.54) is 49.8 Å². The van der Waals surface area contributed by atoms with Crippen LogP contribution in [0.25, 0.3) is 5.57 Å². The smallest absolute Gasteiger partial charge is 0.139 e. The molecule has 28 heavy (non-hydrogen) atoms. The number of ketones is 1. The lowest BCUT2D eigenvalue weighted by Gasteiger charge is -2.51. The highest BCUT2D eigenvalue weighted by atomic mass is 16.1. The third-order valence-electron chi connectivity index (χ3n) is 8.78. The van der Waals surface area contributed by atoms with Crippen molar-refractivity contribution in [1.82, 2.24) is 0 Å². The van der Waals surface area contributed by atoms with Crippen molar-refractivity contribution >= 4 is 17.0 Å². The number of nitrogens with zero attached hydrogens (tertiary/aromatic N) is 1. The summed E-state index contributed by atoms with van der Waals surface area (Å²) in [4.78, 5) is 15.3. The number of carbonyl (C=O) groups excluding carboxylic acids is 1. The molecule has 0 aliphatic heterocycles. The van der Waals surface area contributed by atoms with Crippen molar-refractivity contribution in [2.24, 2.45) is 29.1 Å². The van der Waals surface area contributed by atoms with Gasteiger partial charge in [-0.2, -0.15) is 0 Å². The monoisotopic (exact) mass is 377 g/mol. The predicted molar refractivity (Wildman–Crippen MR) is 116 cm³/mol. The van der Waals surface area contributed by atoms with Crippen LogP contribution in [0.2, 0.25) is 0 Å². The topological polar surface area (TPSA) is 20.3 Å². The molecule has 0 radical (unpaired) electrons. The Morgan fingerprint density at radius 3 is 2.57 bits per heavy atom. The highest BCUT2D eigenvalue weighted by Crippen LogP contribution is 2.63. The number of hydrogen-bond donors (Lipinski definition) is 0. The fourth-order valence-electron chi connectivity index (χ4n) is 7.46. The Kier molecular flexibility index (Phi) is 4.45. The highest BCUT2D eigenvalue weighted by molar-refractivity contribution is 5.92. The summed E-state index contributed by atoms with van der Waals surface area (Å²) in [5.74, 6) is 3.44. The summed E-state index contributed by atoms with van der Waals surface area (Å²) >= 11 is 0. The number of para-hydroxylation sites is 1. The lowest BCUT2D eigenvalue weighted by atomic mass is 9.52. The van der Waals surface area contributed by atoms with Crippen LogP contribution in [0.15, 0.2) is 29.8 Å². The Morgan fingerprint density at radius 2 is 1.75 bits per heavy atom. The van der Waals surface area contributed by atoms with Crippen molar-refractivity contribution in [2.45, 2.75) is 64.7 Å². The summed E-state index contributed by atoms with van der Waals surface area (Å²) in [6.07, 6.45) is 11.2. The molecular formula is C26H35NO. The van der Waals surface area contributed by atoms with E-state index < -0.39 is 0 Å². The molecule has 4 aliphatic rings. The van der Waals surface area contributed by atoms with Gasteiger partial charge >= 0.3 is 0 Å². The molecule has 0 heterocycles. The number of allylic oxidation sites excluding steroid dienone is 2. The van der Waals surface area contributed by atoms with Crippen molar-refractivity contribution < 1.29 is 4.79 Å². The normalized spacial score (nSPS) is 37.3. The van der Waals surface area contributed by atoms with Crippen LogP contribution in [0, 0.1) is 29.1 Å². The number of carbonyl (C=O) groups is 1. The van der Waals surface area contributed by atoms with Gasteiger partial charge < -0.3 is 4.90 Å². The zero-order chi connectivity index (χ0) is 19.5. The molecule has 5 rings (SSSR count). The third kappa shape index (κ3) is 2.63. The molecule has 2 heteroatoms. The summed E-state index contributed by atoms with van der Waals surface area (Å²) in [5.41, 5.74) is 5.93. The van der Waals surface area contributed by atoms with Gasteiger partial charge in [0.05, 0.1) is 0 Å². The minimum atomic E-state index is -0.134. The van der Waals surface area contributed by atoms with E-state index in [0.29, 0.717) is 17.6 Å². The number of anilines is 1. The molecule has 0 spiro atoms. The molecule has 3 saturated carbocycles. The van der Waals surface area contributed by atoms with Gasteiger partial charge in [-0.25, -0.2) is 0 Å². The largest absolute Gasteiger partial charge is 0.377 e. The zero-order valence-electron chi connectivity index (χ0n) is 17.8. The minimum Gasteiger partial charge on any atom is -0.377 e. The van der Waals surface area contributed by atoms with Crippen LogP contribution in [0.4, 0.5) is 5.69 Å². The maximum atomic E-state index is 13.1. The van der Waals surface area contributed by atoms with E-state index in [-0.39, 0.29) is 5.41 Å². The molecule has 1 aromatic carbocycles. The quantitative estimate of drug-likeness (QED) is 0.619. The van der Waals surface area contributed by atoms with Gasteiger partial charge in [0, 0.05) is 37.2 Å². The molecule has 0 bridgehead atoms. The van der Waals surface area contributed by atoms with Crippen molar-refractivity contribution in [1.29, 1.82) is 0 Å². The van der Waals surface area contributed by atoms with Crippen molar-refractivity contribution in [3.05, 3.63) is 35.4 Å². The Morgan fingerprint density at radius 1 is 0.964 bits per heavy atom. The molecule has 0 aromatic heterocycles. The second kappa shape index (κ2) is 6.75. The van der Waals surface area contributed by atoms with Gasteiger partial charge in [0.25, 0.3) is 0 Å². The van der Waals surface area contributed by atoms with E-state index >= 15 is 0 Å². The summed E-state index contributed by atoms with van der Waals surface area (Å²) in [5, 5.41) is 0. The van der Waals surface area contributed by atoms with E-state index in [9.17, 15) is 4.79 Å². The average molecular weight is 378 g/mol. The van der Waals surface area contributed by atoms with Crippen LogP contribution in [0.3, 0.4) is 0 Å². The van der Waals surface area contributed by atoms with Crippen LogP contribution < -0.4 is 4.90 Å². The maximum absolute atomic E-state index is 13.1. The first-order valence-electron chi connectivity index (χ1n) is 11.5. The molecule has 5 atom stereocenters. The minimum absolute atomic E-state index is 0.134. The lowest BCUT2D eigenvalue weighted by Crippen LogP contribution is -2.44. The zero-order valence-corrected chi connectivity index (χ0v) is 17.8. The van der Waals surface area contributed by atoms with E-state index in [1.807, 2.05) is 0 Å². The molecular weight excluding hydrogens is 342 g/mol. The van der Waals surface area contributed by atoms with Crippen LogP contribution in [-0.4, -0.2) is 19.9 Å². The molecule has 150 valence electrons. The molecule has 0 saturated heterocycles. The van der Waals surface area contributed by atoms with Crippen LogP contribution in [0.5, 0.6) is 0 Å². The standard InChI is InChI=1S/C26H35NO/c1-26-16-21(19-10-6-7-11-23(19)27(2)3)25-18-9-5-4-8-17(18)12-13-20(25)22(26)14-15-24(26)28/h6-7,10-11,17-18,20,22H,4-5,8-9,12-16H2,1-3H3/t17?,18-,20-,22-,26-/m0/s1. The Labute approximate surface area is 170 Å². The van der Waals surface area contributed by atoms with E-state index in [0.717, 1.165) is 31.1 Å². The fraction of sp³-hybridized carbons (Fsp3) is 0.654. The second-order valence-corrected chi connectivity index (χ2v) is 10.3. The first-order valence-corrected chi connectivity index (χ1v) is 11.5. The highest BCUT2D eigenvalue weighted by Gasteiger charge is 2.56. The van der Waals surface area contributed by atoms with Gasteiger partial charge in [-0.15, -0.1) is 0 Å². The fourth-order valence-corrected chi connectivity index (χ4v) is 7.46. The Balaban J connectivity index is 1.71. The number of Topliss-reactive ketones (excluding diaryl/α,β-unsaturated/α-hetero) is 1. The first-order chi connectivity index (χ1) is 13.5. The number of benzene rings is 1. The third-order valence-corrected chi connectivity index (χ3v) is 8.78. The average Bonchev–Trinajstić information content (AvgIpc) is 3.01. The van der Waals surface area contributed by atoms with Gasteiger partial charge in [0.1, 0.15) is 5.78 Å². The summed E-state index contributed by atoms with van der Waals surface area (Å²) in [7, 11) is 4.31. The van der Waals surface area contributed by atoms with E-state index in [2.05, 4.69) is 50.2 Å². The van der Waals surface area contributed by atoms with Gasteiger partial charge in [0.15, 0.2) is 0 Å². The molecule has 1 unspecified atom stereocenters. The SMILES string of the molecule is CN(C)c1ccccc1C1=C2[C@H]3CCCCC3CC[C@H]2[C@@H]2CCC(=O)[C@@]2(C)C1. The van der Waals surface area contributed by atoms with Crippen molar-refractivity contribution in [2.75, 3.05) is 19.0 Å². The summed E-state index contributed by atoms with van der Waals surface area (Å²) in [6, 6.07) is 8.92. The molecule has 0 N–H and O–H groups in total. The van der Waals surface area contributed by atoms with Gasteiger partial charge in [0.2, 0.25) is 0 Å². The molecule has 4 aliphatic carbocycles. The summed E-state index contributed by atoms with van der Waals surface area (Å²) < 4.78 is 0. The predicted octanol–water partition coefficient (Wildman–Crippen LogP) is 6.11. The Bertz CT molecular complexity index is 821. The molecule has 1 aromatic rings. The van der Waals surface area contributed by atoms with Crippen molar-refractivity contribution in [3.63, 3.8) is 0 Å². The number of hydrogen-bond acceptors (Lipinski definition) is 2. The van der Waals surface area contributed by atoms with Crippen molar-refractivity contribution in [3.8, 4) is 0 Å². The van der Waals surface area contributed by atoms with E-state index in [4.69, 9.17) is 0 Å². The van der Waals surface area contributed by atoms with E-state index in [1.54, 1.807) is 11.1 Å². The first kappa shape index (κ1) is 18.5. The van der Waals surface area contributed by atoms with Gasteiger partial charge in [-0.3, -0.25) is 4.79 Å². The van der Waals surface area contributed by atoms with Crippen LogP contribution >= 0.6 is 0 Å². The number of fused-ring (bicyclic) bond motifs is 5. The van der Waals surface area contributed by atoms with Crippen LogP contribution in [-0.2, 0) is 4.79 Å². The number of rotatable bonds is 2. The second-order valence-electron chi connectivity index (χ2n) is 10.3. The maximum Gasteiger partial charge on any atom is 0.139 e. The summed E-state index contributed by atoms with van der Waals surface area (Å²) in [6.45, 7) is 2.30. The van der Waals surface area contributed by atoms with Gasteiger partial charge in [-0.1, -0.05) is 43.5 Å².